The van der Waals surface area contributed by atoms with Crippen molar-refractivity contribution in [3.63, 3.8) is 0 Å². The third-order valence-corrected chi connectivity index (χ3v) is 4.17. The maximum Gasteiger partial charge on any atom is 0.0645 e. The molecule has 2 N–H and O–H groups in total. The first kappa shape index (κ1) is 12.3. The second-order valence-electron chi connectivity index (χ2n) is 6.21. The first-order valence-corrected chi connectivity index (χ1v) is 6.64. The fraction of sp³-hybridized carbons (Fsp3) is 1.00. The lowest BCUT2D eigenvalue weighted by Crippen LogP contribution is -2.60. The highest BCUT2D eigenvalue weighted by atomic mass is 16.5. The van der Waals surface area contributed by atoms with Crippen molar-refractivity contribution in [1.82, 2.24) is 4.90 Å². The zero-order valence-electron chi connectivity index (χ0n) is 10.8. The van der Waals surface area contributed by atoms with Crippen LogP contribution in [0.4, 0.5) is 0 Å². The minimum absolute atomic E-state index is 0.0624. The van der Waals surface area contributed by atoms with Crippen LogP contribution in [0.15, 0.2) is 0 Å². The van der Waals surface area contributed by atoms with E-state index in [-0.39, 0.29) is 11.1 Å². The smallest absolute Gasteiger partial charge is 0.0645 e. The molecule has 0 spiro atoms. The second-order valence-corrected chi connectivity index (χ2v) is 6.21. The lowest BCUT2D eigenvalue weighted by molar-refractivity contribution is -0.0619. The van der Waals surface area contributed by atoms with Crippen molar-refractivity contribution in [2.45, 2.75) is 57.0 Å². The topological polar surface area (TPSA) is 38.5 Å². The minimum Gasteiger partial charge on any atom is -0.378 e. The molecule has 3 nitrogen and oxygen atoms in total. The number of nitrogens with two attached hydrogens (primary N) is 1. The maximum absolute atomic E-state index is 6.53. The van der Waals surface area contributed by atoms with Crippen LogP contribution in [0.2, 0.25) is 0 Å². The van der Waals surface area contributed by atoms with Crippen molar-refractivity contribution in [2.24, 2.45) is 5.73 Å². The van der Waals surface area contributed by atoms with E-state index in [0.717, 1.165) is 26.3 Å². The lowest BCUT2D eigenvalue weighted by Gasteiger charge is -2.47. The van der Waals surface area contributed by atoms with Crippen LogP contribution in [0, 0.1) is 0 Å². The largest absolute Gasteiger partial charge is 0.378 e. The quantitative estimate of drug-likeness (QED) is 0.780. The van der Waals surface area contributed by atoms with Gasteiger partial charge in [0.15, 0.2) is 0 Å². The molecule has 2 aliphatic rings. The highest BCUT2D eigenvalue weighted by Crippen LogP contribution is 2.29. The van der Waals surface area contributed by atoms with E-state index in [1.807, 2.05) is 0 Å². The fourth-order valence-electron chi connectivity index (χ4n) is 2.98. The summed E-state index contributed by atoms with van der Waals surface area (Å²) >= 11 is 0. The number of nitrogens with zero attached hydrogens (tertiary/aromatic N) is 1. The first-order valence-electron chi connectivity index (χ1n) is 6.64. The Balaban J connectivity index is 1.96. The summed E-state index contributed by atoms with van der Waals surface area (Å²) in [6, 6.07) is 0. The fourth-order valence-corrected chi connectivity index (χ4v) is 2.98. The second kappa shape index (κ2) is 4.63. The highest BCUT2D eigenvalue weighted by Gasteiger charge is 2.37. The third-order valence-electron chi connectivity index (χ3n) is 4.17. The maximum atomic E-state index is 6.53. The summed E-state index contributed by atoms with van der Waals surface area (Å²) in [5.41, 5.74) is 6.75. The van der Waals surface area contributed by atoms with Gasteiger partial charge in [-0.25, -0.2) is 0 Å². The molecule has 0 radical (unpaired) electrons. The Kier molecular flexibility index (Phi) is 3.57. The van der Waals surface area contributed by atoms with E-state index in [1.165, 1.54) is 32.1 Å². The van der Waals surface area contributed by atoms with Gasteiger partial charge in [-0.1, -0.05) is 19.3 Å². The summed E-state index contributed by atoms with van der Waals surface area (Å²) in [5.74, 6) is 0. The van der Waals surface area contributed by atoms with Crippen molar-refractivity contribution in [1.29, 1.82) is 0 Å². The molecule has 0 amide bonds. The first-order chi connectivity index (χ1) is 7.52. The molecule has 0 bridgehead atoms. The molecule has 0 aromatic carbocycles. The standard InChI is InChI=1S/C13H26N2O/c1-12(2)11-16-9-8-15(12)10-13(14)6-4-3-5-7-13/h3-11,14H2,1-2H3. The van der Waals surface area contributed by atoms with Crippen LogP contribution in [-0.2, 0) is 4.74 Å². The average molecular weight is 226 g/mol. The Hall–Kier alpha value is -0.120. The molecule has 3 heteroatoms. The summed E-state index contributed by atoms with van der Waals surface area (Å²) in [7, 11) is 0. The summed E-state index contributed by atoms with van der Waals surface area (Å²) in [5, 5.41) is 0. The van der Waals surface area contributed by atoms with Gasteiger partial charge in [-0.3, -0.25) is 4.90 Å². The average Bonchev–Trinajstić information content (AvgIpc) is 2.22. The number of ether oxygens (including phenoxy) is 1. The van der Waals surface area contributed by atoms with Gasteiger partial charge in [0.25, 0.3) is 0 Å². The Labute approximate surface area is 99.3 Å². The summed E-state index contributed by atoms with van der Waals surface area (Å²) in [4.78, 5) is 2.53. The molecule has 0 aromatic rings. The van der Waals surface area contributed by atoms with E-state index in [4.69, 9.17) is 10.5 Å². The van der Waals surface area contributed by atoms with Gasteiger partial charge < -0.3 is 10.5 Å². The molecule has 1 heterocycles. The van der Waals surface area contributed by atoms with Crippen molar-refractivity contribution >= 4 is 0 Å². The minimum atomic E-state index is 0.0624. The van der Waals surface area contributed by atoms with Gasteiger partial charge in [-0.15, -0.1) is 0 Å². The number of morpholine rings is 1. The Morgan fingerprint density at radius 3 is 2.50 bits per heavy atom. The van der Waals surface area contributed by atoms with E-state index < -0.39 is 0 Å². The lowest BCUT2D eigenvalue weighted by atomic mass is 9.81. The van der Waals surface area contributed by atoms with Crippen molar-refractivity contribution < 1.29 is 4.74 Å². The molecule has 94 valence electrons. The molecule has 2 fully saturated rings. The Morgan fingerprint density at radius 1 is 1.19 bits per heavy atom. The van der Waals surface area contributed by atoms with Crippen LogP contribution in [0.3, 0.4) is 0 Å². The zero-order chi connectivity index (χ0) is 11.6. The summed E-state index contributed by atoms with van der Waals surface area (Å²) in [6.07, 6.45) is 6.37. The molecule has 1 aliphatic heterocycles. The van der Waals surface area contributed by atoms with Crippen LogP contribution in [0.5, 0.6) is 0 Å². The zero-order valence-corrected chi connectivity index (χ0v) is 10.8. The van der Waals surface area contributed by atoms with Crippen molar-refractivity contribution in [3.05, 3.63) is 0 Å². The normalized spacial score (nSPS) is 30.2. The van der Waals surface area contributed by atoms with E-state index in [9.17, 15) is 0 Å². The molecule has 16 heavy (non-hydrogen) atoms. The van der Waals surface area contributed by atoms with E-state index in [2.05, 4.69) is 18.7 Å². The monoisotopic (exact) mass is 226 g/mol. The van der Waals surface area contributed by atoms with E-state index in [0.29, 0.717) is 0 Å². The molecule has 1 saturated carbocycles. The molecule has 2 rings (SSSR count). The highest BCUT2D eigenvalue weighted by molar-refractivity contribution is 4.95. The van der Waals surface area contributed by atoms with E-state index in [1.54, 1.807) is 0 Å². The molecule has 0 atom stereocenters. The van der Waals surface area contributed by atoms with E-state index >= 15 is 0 Å². The number of hydrogen-bond acceptors (Lipinski definition) is 3. The van der Waals surface area contributed by atoms with Gasteiger partial charge in [-0.2, -0.15) is 0 Å². The SMILES string of the molecule is CC1(C)COCCN1CC1(N)CCCCC1. The molecular weight excluding hydrogens is 200 g/mol. The van der Waals surface area contributed by atoms with Crippen molar-refractivity contribution in [3.8, 4) is 0 Å². The van der Waals surface area contributed by atoms with Crippen molar-refractivity contribution in [2.75, 3.05) is 26.3 Å². The summed E-state index contributed by atoms with van der Waals surface area (Å²) in [6.45, 7) is 8.30. The Morgan fingerprint density at radius 2 is 1.88 bits per heavy atom. The van der Waals surface area contributed by atoms with Gasteiger partial charge in [0.2, 0.25) is 0 Å². The van der Waals surface area contributed by atoms with Crippen LogP contribution in [-0.4, -0.2) is 42.3 Å². The van der Waals surface area contributed by atoms with Gasteiger partial charge in [-0.05, 0) is 26.7 Å². The van der Waals surface area contributed by atoms with Gasteiger partial charge in [0.1, 0.15) is 0 Å². The van der Waals surface area contributed by atoms with Crippen LogP contribution < -0.4 is 5.73 Å². The van der Waals surface area contributed by atoms with Crippen LogP contribution in [0.1, 0.15) is 46.0 Å². The number of rotatable bonds is 2. The number of hydrogen-bond donors (Lipinski definition) is 1. The Bertz CT molecular complexity index is 234. The van der Waals surface area contributed by atoms with Gasteiger partial charge in [0.05, 0.1) is 13.2 Å². The molecular formula is C13H26N2O. The predicted molar refractivity (Wildman–Crippen MR) is 66.5 cm³/mol. The molecule has 0 aromatic heterocycles. The van der Waals surface area contributed by atoms with Crippen LogP contribution in [0.25, 0.3) is 0 Å². The van der Waals surface area contributed by atoms with Crippen LogP contribution >= 0.6 is 0 Å². The summed E-state index contributed by atoms with van der Waals surface area (Å²) < 4.78 is 5.55. The van der Waals surface area contributed by atoms with Gasteiger partial charge >= 0.3 is 0 Å². The predicted octanol–water partition coefficient (Wildman–Crippen LogP) is 1.76. The molecule has 1 aliphatic carbocycles. The molecule has 1 saturated heterocycles. The third kappa shape index (κ3) is 2.76. The molecule has 0 unspecified atom stereocenters. The van der Waals surface area contributed by atoms with Gasteiger partial charge in [0, 0.05) is 24.2 Å².